The van der Waals surface area contributed by atoms with Crippen molar-refractivity contribution in [2.75, 3.05) is 24.1 Å². The van der Waals surface area contributed by atoms with Gasteiger partial charge in [-0.05, 0) is 53.9 Å². The number of fused-ring (bicyclic) bond motifs is 2. The molecule has 9 heteroatoms. The van der Waals surface area contributed by atoms with E-state index in [1.165, 1.54) is 22.5 Å². The van der Waals surface area contributed by atoms with Crippen LogP contribution < -0.4 is 19.1 Å². The summed E-state index contributed by atoms with van der Waals surface area (Å²) in [4.78, 5) is 12.7. The molecule has 0 saturated heterocycles. The standard InChI is InChI=1S/C24H21ClN2O5S/c25-19-7-6-18(24(28)26-15-16-5-8-21-22(13-16)32-12-11-31-21)14-23(19)33(29,30)27-10-9-17-3-1-2-4-20(17)27/h1-8,13-14H,9-12,15H2,(H,26,28). The molecule has 1 N–H and O–H groups in total. The van der Waals surface area contributed by atoms with Crippen molar-refractivity contribution in [3.63, 3.8) is 0 Å². The number of para-hydroxylation sites is 1. The largest absolute Gasteiger partial charge is 0.486 e. The maximum absolute atomic E-state index is 13.4. The van der Waals surface area contributed by atoms with Crippen LogP contribution in [0, 0.1) is 0 Å². The van der Waals surface area contributed by atoms with Crippen LogP contribution in [0.1, 0.15) is 21.5 Å². The summed E-state index contributed by atoms with van der Waals surface area (Å²) in [6, 6.07) is 17.1. The van der Waals surface area contributed by atoms with Gasteiger partial charge in [0.2, 0.25) is 0 Å². The number of halogens is 1. The molecule has 2 aliphatic heterocycles. The predicted molar refractivity (Wildman–Crippen MR) is 125 cm³/mol. The first-order valence-corrected chi connectivity index (χ1v) is 12.3. The molecule has 170 valence electrons. The molecule has 0 radical (unpaired) electrons. The van der Waals surface area contributed by atoms with E-state index < -0.39 is 15.9 Å². The van der Waals surface area contributed by atoms with Crippen LogP contribution >= 0.6 is 11.6 Å². The molecule has 0 atom stereocenters. The minimum Gasteiger partial charge on any atom is -0.486 e. The summed E-state index contributed by atoms with van der Waals surface area (Å²) in [5.41, 5.74) is 2.65. The number of ether oxygens (including phenoxy) is 2. The van der Waals surface area contributed by atoms with E-state index in [0.717, 1.165) is 11.1 Å². The number of nitrogens with zero attached hydrogens (tertiary/aromatic N) is 1. The van der Waals surface area contributed by atoms with E-state index in [-0.39, 0.29) is 22.0 Å². The number of sulfonamides is 1. The average molecular weight is 485 g/mol. The van der Waals surface area contributed by atoms with Gasteiger partial charge in [-0.1, -0.05) is 35.9 Å². The Morgan fingerprint density at radius 3 is 2.64 bits per heavy atom. The second kappa shape index (κ2) is 8.61. The van der Waals surface area contributed by atoms with Crippen LogP contribution in [-0.2, 0) is 23.0 Å². The molecular formula is C24H21ClN2O5S. The van der Waals surface area contributed by atoms with Crippen molar-refractivity contribution in [2.24, 2.45) is 0 Å². The summed E-state index contributed by atoms with van der Waals surface area (Å²) in [7, 11) is -3.93. The molecule has 2 heterocycles. The second-order valence-corrected chi connectivity index (χ2v) is 10.00. The van der Waals surface area contributed by atoms with Gasteiger partial charge < -0.3 is 14.8 Å². The third-order valence-electron chi connectivity index (χ3n) is 5.67. The fraction of sp³-hybridized carbons (Fsp3) is 0.208. The zero-order valence-corrected chi connectivity index (χ0v) is 19.2. The smallest absolute Gasteiger partial charge is 0.265 e. The normalized spacial score (nSPS) is 14.6. The number of hydrogen-bond acceptors (Lipinski definition) is 5. The van der Waals surface area contributed by atoms with Crippen LogP contribution in [0.4, 0.5) is 5.69 Å². The van der Waals surface area contributed by atoms with E-state index in [9.17, 15) is 13.2 Å². The first-order chi connectivity index (χ1) is 15.9. The molecule has 0 saturated carbocycles. The quantitative estimate of drug-likeness (QED) is 0.595. The molecular weight excluding hydrogens is 464 g/mol. The monoisotopic (exact) mass is 484 g/mol. The molecule has 3 aromatic carbocycles. The molecule has 0 fully saturated rings. The molecule has 0 spiro atoms. The fourth-order valence-electron chi connectivity index (χ4n) is 4.00. The third-order valence-corrected chi connectivity index (χ3v) is 7.96. The van der Waals surface area contributed by atoms with Gasteiger partial charge in [-0.2, -0.15) is 0 Å². The highest BCUT2D eigenvalue weighted by Crippen LogP contribution is 2.35. The first-order valence-electron chi connectivity index (χ1n) is 10.5. The van der Waals surface area contributed by atoms with Gasteiger partial charge in [0.25, 0.3) is 15.9 Å². The summed E-state index contributed by atoms with van der Waals surface area (Å²) in [6.07, 6.45) is 0.628. The molecule has 5 rings (SSSR count). The van der Waals surface area contributed by atoms with Gasteiger partial charge in [0.15, 0.2) is 11.5 Å². The summed E-state index contributed by atoms with van der Waals surface area (Å²) >= 11 is 6.27. The SMILES string of the molecule is O=C(NCc1ccc2c(c1)OCCO2)c1ccc(Cl)c(S(=O)(=O)N2CCc3ccccc32)c1. The zero-order chi connectivity index (χ0) is 23.0. The Bertz CT molecular complexity index is 1340. The Hall–Kier alpha value is -3.23. The van der Waals surface area contributed by atoms with E-state index in [0.29, 0.717) is 43.4 Å². The minimum atomic E-state index is -3.93. The fourth-order valence-corrected chi connectivity index (χ4v) is 6.01. The maximum atomic E-state index is 13.4. The zero-order valence-electron chi connectivity index (χ0n) is 17.6. The second-order valence-electron chi connectivity index (χ2n) is 7.76. The molecule has 7 nitrogen and oxygen atoms in total. The summed E-state index contributed by atoms with van der Waals surface area (Å²) in [6.45, 7) is 1.57. The number of rotatable bonds is 5. The third kappa shape index (κ3) is 4.12. The van der Waals surface area contributed by atoms with Gasteiger partial charge in [0, 0.05) is 18.7 Å². The van der Waals surface area contributed by atoms with Gasteiger partial charge in [-0.3, -0.25) is 9.10 Å². The van der Waals surface area contributed by atoms with Crippen LogP contribution in [0.25, 0.3) is 0 Å². The Morgan fingerprint density at radius 2 is 1.79 bits per heavy atom. The van der Waals surface area contributed by atoms with E-state index >= 15 is 0 Å². The minimum absolute atomic E-state index is 0.0720. The van der Waals surface area contributed by atoms with Crippen molar-refractivity contribution in [1.82, 2.24) is 5.32 Å². The molecule has 0 bridgehead atoms. The maximum Gasteiger partial charge on any atom is 0.265 e. The van der Waals surface area contributed by atoms with Crippen molar-refractivity contribution >= 4 is 33.2 Å². The van der Waals surface area contributed by atoms with Crippen molar-refractivity contribution in [2.45, 2.75) is 17.9 Å². The number of nitrogens with one attached hydrogen (secondary N) is 1. The van der Waals surface area contributed by atoms with Crippen LogP contribution in [0.2, 0.25) is 5.02 Å². The number of hydrogen-bond donors (Lipinski definition) is 1. The molecule has 2 aliphatic rings. The number of amides is 1. The van der Waals surface area contributed by atoms with Gasteiger partial charge in [-0.15, -0.1) is 0 Å². The Morgan fingerprint density at radius 1 is 1.00 bits per heavy atom. The predicted octanol–water partition coefficient (Wildman–Crippen LogP) is 3.79. The van der Waals surface area contributed by atoms with Gasteiger partial charge in [-0.25, -0.2) is 8.42 Å². The lowest BCUT2D eigenvalue weighted by molar-refractivity contribution is 0.0950. The summed E-state index contributed by atoms with van der Waals surface area (Å²) in [5, 5.41) is 2.89. The lowest BCUT2D eigenvalue weighted by atomic mass is 10.1. The number of benzene rings is 3. The number of carbonyl (C=O) groups excluding carboxylic acids is 1. The number of carbonyl (C=O) groups is 1. The van der Waals surface area contributed by atoms with Crippen molar-refractivity contribution < 1.29 is 22.7 Å². The Labute approximate surface area is 196 Å². The molecule has 3 aromatic rings. The highest BCUT2D eigenvalue weighted by Gasteiger charge is 2.32. The highest BCUT2D eigenvalue weighted by atomic mass is 35.5. The average Bonchev–Trinajstić information content (AvgIpc) is 3.28. The number of anilines is 1. The van der Waals surface area contributed by atoms with Gasteiger partial charge >= 0.3 is 0 Å². The van der Waals surface area contributed by atoms with Crippen molar-refractivity contribution in [3.05, 3.63) is 82.4 Å². The van der Waals surface area contributed by atoms with E-state index in [1.807, 2.05) is 24.3 Å². The summed E-state index contributed by atoms with van der Waals surface area (Å²) in [5.74, 6) is 0.908. The van der Waals surface area contributed by atoms with Crippen LogP contribution in [0.3, 0.4) is 0 Å². The lowest BCUT2D eigenvalue weighted by Gasteiger charge is -2.21. The highest BCUT2D eigenvalue weighted by molar-refractivity contribution is 7.93. The van der Waals surface area contributed by atoms with E-state index in [2.05, 4.69) is 5.32 Å². The summed E-state index contributed by atoms with van der Waals surface area (Å²) < 4.78 is 39.2. The van der Waals surface area contributed by atoms with Gasteiger partial charge in [0.1, 0.15) is 18.1 Å². The van der Waals surface area contributed by atoms with Crippen molar-refractivity contribution in [1.29, 1.82) is 0 Å². The Balaban J connectivity index is 1.36. The molecule has 33 heavy (non-hydrogen) atoms. The van der Waals surface area contributed by atoms with E-state index in [4.69, 9.17) is 21.1 Å². The molecule has 0 aromatic heterocycles. The van der Waals surface area contributed by atoms with Crippen molar-refractivity contribution in [3.8, 4) is 11.5 Å². The molecule has 0 aliphatic carbocycles. The Kier molecular flexibility index (Phi) is 5.64. The van der Waals surface area contributed by atoms with Crippen LogP contribution in [-0.4, -0.2) is 34.1 Å². The van der Waals surface area contributed by atoms with E-state index in [1.54, 1.807) is 18.2 Å². The molecule has 0 unspecified atom stereocenters. The van der Waals surface area contributed by atoms with Crippen LogP contribution in [0.5, 0.6) is 11.5 Å². The topological polar surface area (TPSA) is 84.9 Å². The first kappa shape index (κ1) is 21.6. The van der Waals surface area contributed by atoms with Gasteiger partial charge in [0.05, 0.1) is 10.7 Å². The lowest BCUT2D eigenvalue weighted by Crippen LogP contribution is -2.30. The van der Waals surface area contributed by atoms with Crippen LogP contribution in [0.15, 0.2) is 65.6 Å². The molecule has 1 amide bonds.